The summed E-state index contributed by atoms with van der Waals surface area (Å²) in [5, 5.41) is 0. The lowest BCUT2D eigenvalue weighted by Gasteiger charge is -2.34. The molecular weight excluding hydrogens is 570 g/mol. The number of carbonyl (C=O) groups excluding carboxylic acids is 1. The van der Waals surface area contributed by atoms with Crippen LogP contribution in [0.1, 0.15) is 75.0 Å². The summed E-state index contributed by atoms with van der Waals surface area (Å²) >= 11 is 0. The number of rotatable bonds is 15. The second-order valence-electron chi connectivity index (χ2n) is 12.7. The van der Waals surface area contributed by atoms with Gasteiger partial charge in [0.2, 0.25) is 0 Å². The highest BCUT2D eigenvalue weighted by atomic mass is 19.3. The van der Waals surface area contributed by atoms with Crippen molar-refractivity contribution < 1.29 is 23.0 Å². The highest BCUT2D eigenvalue weighted by Crippen LogP contribution is 2.42. The molecule has 5 nitrogen and oxygen atoms in total. The first kappa shape index (κ1) is 34.0. The largest absolute Gasteiger partial charge is 0.462 e. The molecule has 241 valence electrons. The summed E-state index contributed by atoms with van der Waals surface area (Å²) in [7, 11) is 0. The monoisotopic (exact) mass is 617 g/mol. The summed E-state index contributed by atoms with van der Waals surface area (Å²) in [4.78, 5) is 12.7. The predicted molar refractivity (Wildman–Crippen MR) is 179 cm³/mol. The molecular formula is C38H47F2N2O3. The van der Waals surface area contributed by atoms with Crippen molar-refractivity contribution in [2.24, 2.45) is 17.3 Å². The van der Waals surface area contributed by atoms with Gasteiger partial charge in [0.15, 0.2) is 0 Å². The number of hydrogen-bond donors (Lipinski definition) is 2. The first-order chi connectivity index (χ1) is 21.5. The Morgan fingerprint density at radius 1 is 0.911 bits per heavy atom. The van der Waals surface area contributed by atoms with Crippen molar-refractivity contribution in [1.29, 1.82) is 0 Å². The average Bonchev–Trinajstić information content (AvgIpc) is 3.02. The van der Waals surface area contributed by atoms with Crippen LogP contribution in [-0.2, 0) is 22.4 Å². The minimum Gasteiger partial charge on any atom is -0.462 e. The van der Waals surface area contributed by atoms with E-state index in [2.05, 4.69) is 13.8 Å². The standard InChI is InChI=1S/C38H47F2N2O3/c1-3-4-5-7-29-8-6-9-32(24-29)38(39,40)45-35-21-14-28(15-22-35)16-23-36(43)44-27-37(2,25-30-10-17-33(41)18-11-30)26-31-12-19-34(42)20-13-31/h10-23,29,32H,2-9,24-27,41-42H2,1H3. The molecule has 0 bridgehead atoms. The highest BCUT2D eigenvalue weighted by Gasteiger charge is 2.44. The molecule has 0 aliphatic heterocycles. The van der Waals surface area contributed by atoms with Crippen molar-refractivity contribution in [3.05, 3.63) is 102 Å². The maximum Gasteiger partial charge on any atom is 0.400 e. The molecule has 1 saturated carbocycles. The van der Waals surface area contributed by atoms with E-state index in [0.29, 0.717) is 48.5 Å². The van der Waals surface area contributed by atoms with Crippen molar-refractivity contribution in [2.75, 3.05) is 18.1 Å². The van der Waals surface area contributed by atoms with Crippen LogP contribution in [0.3, 0.4) is 0 Å². The zero-order valence-corrected chi connectivity index (χ0v) is 26.4. The van der Waals surface area contributed by atoms with Crippen LogP contribution in [0, 0.1) is 24.2 Å². The number of benzene rings is 3. The topological polar surface area (TPSA) is 87.6 Å². The van der Waals surface area contributed by atoms with Gasteiger partial charge in [0.1, 0.15) is 5.75 Å². The van der Waals surface area contributed by atoms with Crippen LogP contribution in [0.15, 0.2) is 78.9 Å². The van der Waals surface area contributed by atoms with Crippen LogP contribution in [0.2, 0.25) is 0 Å². The van der Waals surface area contributed by atoms with Gasteiger partial charge in [-0.3, -0.25) is 0 Å². The number of unbranched alkanes of at least 4 members (excludes halogenated alkanes) is 2. The van der Waals surface area contributed by atoms with E-state index in [1.54, 1.807) is 18.2 Å². The molecule has 3 aromatic rings. The first-order valence-corrected chi connectivity index (χ1v) is 16.1. The molecule has 0 aromatic heterocycles. The number of esters is 1. The number of nitrogens with two attached hydrogens (primary N) is 2. The number of hydrogen-bond acceptors (Lipinski definition) is 5. The van der Waals surface area contributed by atoms with Gasteiger partial charge in [-0.2, -0.15) is 8.78 Å². The Hall–Kier alpha value is -3.87. The molecule has 4 rings (SSSR count). The van der Waals surface area contributed by atoms with Gasteiger partial charge in [-0.1, -0.05) is 81.8 Å². The predicted octanol–water partition coefficient (Wildman–Crippen LogP) is 9.07. The third-order valence-electron chi connectivity index (χ3n) is 8.66. The maximum atomic E-state index is 15.1. The van der Waals surface area contributed by atoms with Crippen molar-refractivity contribution in [3.63, 3.8) is 0 Å². The SMILES string of the molecule is [CH2]C(COC(=O)C=Cc1ccc(OC(F)(F)C2CCCC(CCCCC)C2)cc1)(Cc1ccc(N)cc1)Cc1ccc(N)cc1. The third-order valence-corrected chi connectivity index (χ3v) is 8.66. The fourth-order valence-electron chi connectivity index (χ4n) is 6.17. The number of ether oxygens (including phenoxy) is 2. The third kappa shape index (κ3) is 10.9. The minimum absolute atomic E-state index is 0.0907. The molecule has 7 heteroatoms. The fourth-order valence-corrected chi connectivity index (χ4v) is 6.17. The Labute approximate surface area is 267 Å². The lowest BCUT2D eigenvalue weighted by molar-refractivity contribution is -0.225. The summed E-state index contributed by atoms with van der Waals surface area (Å²) in [5.41, 5.74) is 15.1. The average molecular weight is 618 g/mol. The van der Waals surface area contributed by atoms with Crippen LogP contribution < -0.4 is 16.2 Å². The maximum absolute atomic E-state index is 15.1. The van der Waals surface area contributed by atoms with E-state index < -0.39 is 23.4 Å². The molecule has 0 spiro atoms. The fraction of sp³-hybridized carbons (Fsp3) is 0.421. The normalized spacial score (nSPS) is 17.3. The Balaban J connectivity index is 1.32. The molecule has 1 radical (unpaired) electrons. The zero-order valence-electron chi connectivity index (χ0n) is 26.4. The molecule has 45 heavy (non-hydrogen) atoms. The van der Waals surface area contributed by atoms with E-state index in [0.717, 1.165) is 49.7 Å². The number of alkyl halides is 2. The molecule has 0 saturated heterocycles. The number of nitrogen functional groups attached to an aromatic ring is 2. The summed E-state index contributed by atoms with van der Waals surface area (Å²) in [6.45, 7) is 6.69. The van der Waals surface area contributed by atoms with Crippen LogP contribution in [0.25, 0.3) is 6.08 Å². The van der Waals surface area contributed by atoms with Crippen molar-refractivity contribution in [2.45, 2.75) is 77.2 Å². The summed E-state index contributed by atoms with van der Waals surface area (Å²) in [6, 6.07) is 21.5. The van der Waals surface area contributed by atoms with E-state index >= 15 is 8.78 Å². The van der Waals surface area contributed by atoms with Gasteiger partial charge in [-0.15, -0.1) is 0 Å². The Morgan fingerprint density at radius 2 is 1.51 bits per heavy atom. The van der Waals surface area contributed by atoms with E-state index in [1.165, 1.54) is 18.2 Å². The highest BCUT2D eigenvalue weighted by molar-refractivity contribution is 5.87. The van der Waals surface area contributed by atoms with Crippen molar-refractivity contribution in [3.8, 4) is 5.75 Å². The van der Waals surface area contributed by atoms with Gasteiger partial charge in [-0.25, -0.2) is 4.79 Å². The minimum atomic E-state index is -3.22. The second-order valence-corrected chi connectivity index (χ2v) is 12.7. The van der Waals surface area contributed by atoms with Crippen molar-refractivity contribution >= 4 is 23.4 Å². The van der Waals surface area contributed by atoms with Gasteiger partial charge < -0.3 is 20.9 Å². The quantitative estimate of drug-likeness (QED) is 0.0769. The van der Waals surface area contributed by atoms with Crippen LogP contribution in [-0.4, -0.2) is 18.7 Å². The second kappa shape index (κ2) is 15.9. The molecule has 0 amide bonds. The van der Waals surface area contributed by atoms with Gasteiger partial charge in [0, 0.05) is 22.9 Å². The van der Waals surface area contributed by atoms with E-state index in [1.807, 2.05) is 48.5 Å². The Kier molecular flexibility index (Phi) is 12.0. The van der Waals surface area contributed by atoms with Crippen LogP contribution in [0.5, 0.6) is 5.75 Å². The Morgan fingerprint density at radius 3 is 2.09 bits per heavy atom. The zero-order chi connectivity index (χ0) is 32.3. The number of anilines is 2. The smallest absolute Gasteiger partial charge is 0.400 e. The lowest BCUT2D eigenvalue weighted by atomic mass is 9.78. The van der Waals surface area contributed by atoms with Crippen molar-refractivity contribution in [1.82, 2.24) is 0 Å². The number of carbonyl (C=O) groups is 1. The molecule has 2 atom stereocenters. The first-order valence-electron chi connectivity index (χ1n) is 16.1. The number of halogens is 2. The van der Waals surface area contributed by atoms with E-state index in [4.69, 9.17) is 20.9 Å². The molecule has 1 aliphatic rings. The molecule has 1 fully saturated rings. The van der Waals surface area contributed by atoms with Crippen LogP contribution in [0.4, 0.5) is 20.2 Å². The molecule has 2 unspecified atom stereocenters. The Bertz CT molecular complexity index is 1320. The van der Waals surface area contributed by atoms with Gasteiger partial charge in [0.05, 0.1) is 12.5 Å². The van der Waals surface area contributed by atoms with Gasteiger partial charge in [-0.05, 0) is 97.7 Å². The van der Waals surface area contributed by atoms with Gasteiger partial charge in [0.25, 0.3) is 0 Å². The molecule has 4 N–H and O–H groups in total. The lowest BCUT2D eigenvalue weighted by Crippen LogP contribution is -2.37. The van der Waals surface area contributed by atoms with Gasteiger partial charge >= 0.3 is 12.1 Å². The van der Waals surface area contributed by atoms with E-state index in [9.17, 15) is 4.79 Å². The van der Waals surface area contributed by atoms with E-state index in [-0.39, 0.29) is 12.4 Å². The summed E-state index contributed by atoms with van der Waals surface area (Å²) in [5.74, 6) is -0.830. The summed E-state index contributed by atoms with van der Waals surface area (Å²) in [6.07, 6.45) is 8.09. The van der Waals surface area contributed by atoms with Crippen LogP contribution >= 0.6 is 0 Å². The molecule has 1 aliphatic carbocycles. The summed E-state index contributed by atoms with van der Waals surface area (Å²) < 4.78 is 41.0. The molecule has 0 heterocycles. The molecule has 3 aromatic carbocycles.